The van der Waals surface area contributed by atoms with Crippen LogP contribution in [0, 0.1) is 12.3 Å². The first-order valence-corrected chi connectivity index (χ1v) is 11.0. The molecule has 3 rings (SSSR count). The SMILES string of the molecule is C#CCn1c(=NC(=O)CCc2ccccc2)sc2cc(S(C)(=O)=O)ccc21. The average molecular weight is 399 g/mol. The summed E-state index contributed by atoms with van der Waals surface area (Å²) in [6.07, 6.45) is 7.53. The van der Waals surface area contributed by atoms with Crippen molar-refractivity contribution >= 4 is 37.3 Å². The highest BCUT2D eigenvalue weighted by Gasteiger charge is 2.12. The fourth-order valence-corrected chi connectivity index (χ4v) is 4.48. The second-order valence-corrected chi connectivity index (χ2v) is 9.09. The average Bonchev–Trinajstić information content (AvgIpc) is 2.97. The van der Waals surface area contributed by atoms with E-state index in [0.717, 1.165) is 22.0 Å². The first-order chi connectivity index (χ1) is 12.9. The minimum absolute atomic E-state index is 0.228. The van der Waals surface area contributed by atoms with Crippen LogP contribution < -0.4 is 4.80 Å². The maximum absolute atomic E-state index is 12.3. The van der Waals surface area contributed by atoms with Crippen LogP contribution in [0.2, 0.25) is 0 Å². The van der Waals surface area contributed by atoms with Gasteiger partial charge in [0.2, 0.25) is 5.91 Å². The molecule has 27 heavy (non-hydrogen) atoms. The van der Waals surface area contributed by atoms with Gasteiger partial charge in [0.05, 0.1) is 21.7 Å². The third kappa shape index (κ3) is 4.54. The zero-order chi connectivity index (χ0) is 19.4. The number of rotatable bonds is 5. The van der Waals surface area contributed by atoms with Gasteiger partial charge in [-0.3, -0.25) is 4.79 Å². The number of sulfone groups is 1. The molecule has 1 amide bonds. The summed E-state index contributed by atoms with van der Waals surface area (Å²) in [5.74, 6) is 2.32. The summed E-state index contributed by atoms with van der Waals surface area (Å²) >= 11 is 1.26. The Labute approximate surface area is 161 Å². The standard InChI is InChI=1S/C20H18N2O3S2/c1-3-13-22-17-11-10-16(27(2,24)25)14-18(17)26-20(22)21-19(23)12-9-15-7-5-4-6-8-15/h1,4-8,10-11,14H,9,12-13H2,2H3. The van der Waals surface area contributed by atoms with Crippen LogP contribution in [0.15, 0.2) is 58.4 Å². The Morgan fingerprint density at radius 3 is 2.63 bits per heavy atom. The van der Waals surface area contributed by atoms with E-state index in [1.54, 1.807) is 22.8 Å². The van der Waals surface area contributed by atoms with Gasteiger partial charge < -0.3 is 4.57 Å². The number of thiazole rings is 1. The number of nitrogens with zero attached hydrogens (tertiary/aromatic N) is 2. The van der Waals surface area contributed by atoms with Crippen LogP contribution in [0.25, 0.3) is 10.2 Å². The first-order valence-electron chi connectivity index (χ1n) is 8.27. The van der Waals surface area contributed by atoms with Gasteiger partial charge in [-0.05, 0) is 30.2 Å². The monoisotopic (exact) mass is 398 g/mol. The number of hydrogen-bond acceptors (Lipinski definition) is 4. The number of terminal acetylenes is 1. The molecule has 0 N–H and O–H groups in total. The van der Waals surface area contributed by atoms with Crippen molar-refractivity contribution in [3.63, 3.8) is 0 Å². The molecule has 2 aromatic carbocycles. The van der Waals surface area contributed by atoms with E-state index in [1.165, 1.54) is 11.3 Å². The fraction of sp³-hybridized carbons (Fsp3) is 0.200. The highest BCUT2D eigenvalue weighted by molar-refractivity contribution is 7.90. The van der Waals surface area contributed by atoms with Crippen LogP contribution in [0.4, 0.5) is 0 Å². The van der Waals surface area contributed by atoms with E-state index < -0.39 is 9.84 Å². The van der Waals surface area contributed by atoms with Crippen molar-refractivity contribution in [2.75, 3.05) is 6.26 Å². The molecule has 0 saturated carbocycles. The van der Waals surface area contributed by atoms with Crippen LogP contribution in [0.3, 0.4) is 0 Å². The summed E-state index contributed by atoms with van der Waals surface area (Å²) in [6.45, 7) is 0.253. The predicted molar refractivity (Wildman–Crippen MR) is 107 cm³/mol. The minimum Gasteiger partial charge on any atom is -0.305 e. The van der Waals surface area contributed by atoms with E-state index in [9.17, 15) is 13.2 Å². The predicted octanol–water partition coefficient (Wildman–Crippen LogP) is 2.80. The van der Waals surface area contributed by atoms with Crippen molar-refractivity contribution in [2.45, 2.75) is 24.3 Å². The van der Waals surface area contributed by atoms with Crippen molar-refractivity contribution in [3.05, 3.63) is 58.9 Å². The Bertz CT molecular complexity index is 1200. The molecule has 0 fully saturated rings. The van der Waals surface area contributed by atoms with Crippen molar-refractivity contribution < 1.29 is 13.2 Å². The molecular weight excluding hydrogens is 380 g/mol. The molecule has 0 saturated heterocycles. The van der Waals surface area contributed by atoms with Crippen LogP contribution in [0.5, 0.6) is 0 Å². The Hall–Kier alpha value is -2.69. The van der Waals surface area contributed by atoms with Gasteiger partial charge in [-0.25, -0.2) is 8.42 Å². The van der Waals surface area contributed by atoms with Gasteiger partial charge in [0, 0.05) is 12.7 Å². The summed E-state index contributed by atoms with van der Waals surface area (Å²) in [6, 6.07) is 14.6. The molecule has 0 aliphatic heterocycles. The quantitative estimate of drug-likeness (QED) is 0.621. The molecule has 0 bridgehead atoms. The zero-order valence-corrected chi connectivity index (χ0v) is 16.4. The Morgan fingerprint density at radius 2 is 1.96 bits per heavy atom. The van der Waals surface area contributed by atoms with Crippen LogP contribution in [-0.4, -0.2) is 25.1 Å². The molecule has 0 spiro atoms. The number of carbonyl (C=O) groups excluding carboxylic acids is 1. The van der Waals surface area contributed by atoms with E-state index in [-0.39, 0.29) is 17.3 Å². The lowest BCUT2D eigenvalue weighted by molar-refractivity contribution is -0.118. The summed E-state index contributed by atoms with van der Waals surface area (Å²) < 4.78 is 26.0. The fourth-order valence-electron chi connectivity index (χ4n) is 2.67. The Morgan fingerprint density at radius 1 is 1.22 bits per heavy atom. The number of fused-ring (bicyclic) bond motifs is 1. The van der Waals surface area contributed by atoms with Crippen molar-refractivity contribution in [3.8, 4) is 12.3 Å². The normalized spacial score (nSPS) is 12.2. The topological polar surface area (TPSA) is 68.5 Å². The molecule has 0 radical (unpaired) electrons. The van der Waals surface area contributed by atoms with Gasteiger partial charge in [0.25, 0.3) is 0 Å². The molecule has 0 unspecified atom stereocenters. The largest absolute Gasteiger partial charge is 0.305 e. The van der Waals surface area contributed by atoms with E-state index >= 15 is 0 Å². The van der Waals surface area contributed by atoms with Crippen LogP contribution >= 0.6 is 11.3 Å². The number of benzene rings is 2. The lowest BCUT2D eigenvalue weighted by Gasteiger charge is -2.01. The molecule has 0 aliphatic carbocycles. The second kappa shape index (κ2) is 7.91. The number of amides is 1. The molecule has 7 heteroatoms. The third-order valence-corrected chi connectivity index (χ3v) is 6.17. The molecule has 1 aromatic heterocycles. The summed E-state index contributed by atoms with van der Waals surface area (Å²) in [7, 11) is -3.31. The smallest absolute Gasteiger partial charge is 0.248 e. The van der Waals surface area contributed by atoms with Gasteiger partial charge in [-0.15, -0.1) is 6.42 Å². The first kappa shape index (κ1) is 19.1. The van der Waals surface area contributed by atoms with Crippen molar-refractivity contribution in [1.82, 2.24) is 4.57 Å². The highest BCUT2D eigenvalue weighted by Crippen LogP contribution is 2.22. The molecule has 138 valence electrons. The van der Waals surface area contributed by atoms with E-state index in [0.29, 0.717) is 17.6 Å². The second-order valence-electron chi connectivity index (χ2n) is 6.07. The van der Waals surface area contributed by atoms with Crippen LogP contribution in [-0.2, 0) is 27.6 Å². The maximum Gasteiger partial charge on any atom is 0.248 e. The van der Waals surface area contributed by atoms with Gasteiger partial charge >= 0.3 is 0 Å². The lowest BCUT2D eigenvalue weighted by Crippen LogP contribution is -2.16. The highest BCUT2D eigenvalue weighted by atomic mass is 32.2. The van der Waals surface area contributed by atoms with Gasteiger partial charge in [0.15, 0.2) is 14.6 Å². The summed E-state index contributed by atoms with van der Waals surface area (Å²) in [4.78, 5) is 17.2. The Balaban J connectivity index is 1.96. The van der Waals surface area contributed by atoms with Gasteiger partial charge in [-0.2, -0.15) is 4.99 Å². The number of hydrogen-bond donors (Lipinski definition) is 0. The Kier molecular flexibility index (Phi) is 5.59. The van der Waals surface area contributed by atoms with E-state index in [1.807, 2.05) is 30.3 Å². The maximum atomic E-state index is 12.3. The zero-order valence-electron chi connectivity index (χ0n) is 14.8. The lowest BCUT2D eigenvalue weighted by atomic mass is 10.1. The molecule has 5 nitrogen and oxygen atoms in total. The summed E-state index contributed by atoms with van der Waals surface area (Å²) in [5, 5.41) is 0. The third-order valence-electron chi connectivity index (χ3n) is 4.02. The van der Waals surface area contributed by atoms with Crippen molar-refractivity contribution in [1.29, 1.82) is 0 Å². The van der Waals surface area contributed by atoms with Crippen molar-refractivity contribution in [2.24, 2.45) is 4.99 Å². The number of aromatic nitrogens is 1. The van der Waals surface area contributed by atoms with Gasteiger partial charge in [0.1, 0.15) is 0 Å². The molecule has 0 aliphatic rings. The number of carbonyl (C=O) groups is 1. The minimum atomic E-state index is -3.31. The molecule has 1 heterocycles. The molecular formula is C20H18N2O3S2. The number of aryl methyl sites for hydroxylation is 1. The van der Waals surface area contributed by atoms with Crippen LogP contribution in [0.1, 0.15) is 12.0 Å². The van der Waals surface area contributed by atoms with E-state index in [4.69, 9.17) is 6.42 Å². The molecule has 0 atom stereocenters. The van der Waals surface area contributed by atoms with E-state index in [2.05, 4.69) is 10.9 Å². The summed E-state index contributed by atoms with van der Waals surface area (Å²) in [5.41, 5.74) is 1.84. The van der Waals surface area contributed by atoms with Gasteiger partial charge in [-0.1, -0.05) is 47.6 Å². The molecule has 3 aromatic rings.